The van der Waals surface area contributed by atoms with Crippen LogP contribution in [0.25, 0.3) is 0 Å². The van der Waals surface area contributed by atoms with Gasteiger partial charge in [0.2, 0.25) is 10.0 Å². The quantitative estimate of drug-likeness (QED) is 0.845. The topological polar surface area (TPSA) is 63.4 Å². The summed E-state index contributed by atoms with van der Waals surface area (Å²) in [5, 5.41) is 0. The van der Waals surface area contributed by atoms with Crippen molar-refractivity contribution in [2.75, 3.05) is 18.5 Å². The van der Waals surface area contributed by atoms with Crippen LogP contribution < -0.4 is 5.73 Å². The molecule has 0 fully saturated rings. The van der Waals surface area contributed by atoms with Crippen LogP contribution in [0.15, 0.2) is 24.3 Å². The van der Waals surface area contributed by atoms with E-state index in [1.165, 1.54) is 4.31 Å². The lowest BCUT2D eigenvalue weighted by molar-refractivity contribution is 0.388. The highest BCUT2D eigenvalue weighted by atomic mass is 32.2. The summed E-state index contributed by atoms with van der Waals surface area (Å²) in [5.41, 5.74) is 7.25. The van der Waals surface area contributed by atoms with E-state index in [2.05, 4.69) is 0 Å². The van der Waals surface area contributed by atoms with Crippen LogP contribution in [0, 0.1) is 5.41 Å². The Morgan fingerprint density at radius 3 is 2.16 bits per heavy atom. The maximum absolute atomic E-state index is 12.1. The molecule has 0 atom stereocenters. The normalized spacial score (nSPS) is 12.9. The first-order valence-electron chi connectivity index (χ1n) is 6.39. The molecule has 1 rings (SSSR count). The van der Waals surface area contributed by atoms with E-state index in [1.54, 1.807) is 19.2 Å². The molecule has 19 heavy (non-hydrogen) atoms. The summed E-state index contributed by atoms with van der Waals surface area (Å²) < 4.78 is 25.7. The number of hydrogen-bond acceptors (Lipinski definition) is 3. The van der Waals surface area contributed by atoms with E-state index in [-0.39, 0.29) is 11.2 Å². The SMILES string of the molecule is CN(Cc1ccc(N)cc1)S(=O)(=O)CCC(C)(C)C. The van der Waals surface area contributed by atoms with Crippen LogP contribution in [0.1, 0.15) is 32.8 Å². The van der Waals surface area contributed by atoms with Crippen molar-refractivity contribution in [2.24, 2.45) is 5.41 Å². The first kappa shape index (κ1) is 16.0. The minimum Gasteiger partial charge on any atom is -0.399 e. The van der Waals surface area contributed by atoms with Gasteiger partial charge < -0.3 is 5.73 Å². The smallest absolute Gasteiger partial charge is 0.214 e. The Labute approximate surface area is 116 Å². The molecule has 0 aliphatic rings. The molecule has 0 radical (unpaired) electrons. The van der Waals surface area contributed by atoms with E-state index in [9.17, 15) is 8.42 Å². The Bertz CT molecular complexity index is 501. The van der Waals surface area contributed by atoms with Crippen LogP contribution >= 0.6 is 0 Å². The maximum Gasteiger partial charge on any atom is 0.214 e. The van der Waals surface area contributed by atoms with Crippen LogP contribution in [-0.2, 0) is 16.6 Å². The van der Waals surface area contributed by atoms with Crippen molar-refractivity contribution in [3.63, 3.8) is 0 Å². The number of anilines is 1. The maximum atomic E-state index is 12.1. The lowest BCUT2D eigenvalue weighted by atomic mass is 9.94. The molecule has 1 aromatic carbocycles. The molecule has 4 nitrogen and oxygen atoms in total. The van der Waals surface area contributed by atoms with Gasteiger partial charge in [-0.25, -0.2) is 12.7 Å². The van der Waals surface area contributed by atoms with Gasteiger partial charge >= 0.3 is 0 Å². The third-order valence-corrected chi connectivity index (χ3v) is 4.77. The van der Waals surface area contributed by atoms with E-state index in [0.29, 0.717) is 18.7 Å². The van der Waals surface area contributed by atoms with Crippen molar-refractivity contribution in [1.82, 2.24) is 4.31 Å². The molecule has 0 bridgehead atoms. The highest BCUT2D eigenvalue weighted by molar-refractivity contribution is 7.89. The van der Waals surface area contributed by atoms with E-state index in [4.69, 9.17) is 5.73 Å². The van der Waals surface area contributed by atoms with E-state index in [1.807, 2.05) is 32.9 Å². The Hall–Kier alpha value is -1.07. The first-order valence-corrected chi connectivity index (χ1v) is 7.99. The van der Waals surface area contributed by atoms with Gasteiger partial charge in [-0.2, -0.15) is 0 Å². The number of rotatable bonds is 5. The zero-order valence-electron chi connectivity index (χ0n) is 12.2. The van der Waals surface area contributed by atoms with Crippen molar-refractivity contribution in [2.45, 2.75) is 33.7 Å². The zero-order valence-corrected chi connectivity index (χ0v) is 13.0. The number of benzene rings is 1. The monoisotopic (exact) mass is 284 g/mol. The van der Waals surface area contributed by atoms with Gasteiger partial charge in [0.1, 0.15) is 0 Å². The average molecular weight is 284 g/mol. The minimum absolute atomic E-state index is 0.0229. The lowest BCUT2D eigenvalue weighted by Crippen LogP contribution is -2.30. The lowest BCUT2D eigenvalue weighted by Gasteiger charge is -2.22. The van der Waals surface area contributed by atoms with Crippen LogP contribution in [0.4, 0.5) is 5.69 Å². The fourth-order valence-electron chi connectivity index (χ4n) is 1.57. The first-order chi connectivity index (χ1) is 8.60. The van der Waals surface area contributed by atoms with Crippen LogP contribution in [-0.4, -0.2) is 25.5 Å². The number of sulfonamides is 1. The van der Waals surface area contributed by atoms with Gasteiger partial charge in [-0.1, -0.05) is 32.9 Å². The van der Waals surface area contributed by atoms with Gasteiger partial charge in [-0.15, -0.1) is 0 Å². The van der Waals surface area contributed by atoms with E-state index in [0.717, 1.165) is 5.56 Å². The molecular formula is C14H24N2O2S. The number of nitrogens with two attached hydrogens (primary N) is 1. The summed E-state index contributed by atoms with van der Waals surface area (Å²) in [6.45, 7) is 6.51. The fraction of sp³-hybridized carbons (Fsp3) is 0.571. The molecule has 0 amide bonds. The van der Waals surface area contributed by atoms with Gasteiger partial charge in [-0.3, -0.25) is 0 Å². The van der Waals surface area contributed by atoms with Gasteiger partial charge in [0.05, 0.1) is 5.75 Å². The molecule has 0 spiro atoms. The summed E-state index contributed by atoms with van der Waals surface area (Å²) in [4.78, 5) is 0. The van der Waals surface area contributed by atoms with Crippen molar-refractivity contribution in [3.05, 3.63) is 29.8 Å². The molecule has 0 saturated heterocycles. The molecule has 0 aromatic heterocycles. The molecule has 0 heterocycles. The van der Waals surface area contributed by atoms with Crippen LogP contribution in [0.5, 0.6) is 0 Å². The molecule has 1 aromatic rings. The molecule has 0 aliphatic carbocycles. The van der Waals surface area contributed by atoms with Crippen molar-refractivity contribution in [1.29, 1.82) is 0 Å². The summed E-state index contributed by atoms with van der Waals surface area (Å²) in [6, 6.07) is 7.27. The molecular weight excluding hydrogens is 260 g/mol. The molecule has 2 N–H and O–H groups in total. The second-order valence-corrected chi connectivity index (χ2v) is 8.32. The molecule has 0 unspecified atom stereocenters. The Kier molecular flexibility index (Phi) is 4.98. The standard InChI is InChI=1S/C14H24N2O2S/c1-14(2,3)9-10-19(17,18)16(4)11-12-5-7-13(15)8-6-12/h5-8H,9-11,15H2,1-4H3. The Morgan fingerprint density at radius 2 is 1.68 bits per heavy atom. The third kappa shape index (κ3) is 5.61. The average Bonchev–Trinajstić information content (AvgIpc) is 2.29. The summed E-state index contributed by atoms with van der Waals surface area (Å²) >= 11 is 0. The molecule has 108 valence electrons. The number of nitrogen functional groups attached to an aromatic ring is 1. The molecule has 0 saturated carbocycles. The molecule has 5 heteroatoms. The summed E-state index contributed by atoms with van der Waals surface area (Å²) in [7, 11) is -1.58. The minimum atomic E-state index is -3.20. The predicted octanol–water partition coefficient (Wildman–Crippen LogP) is 2.47. The summed E-state index contributed by atoms with van der Waals surface area (Å²) in [5.74, 6) is 0.183. The van der Waals surface area contributed by atoms with Crippen molar-refractivity contribution < 1.29 is 8.42 Å². The number of hydrogen-bond donors (Lipinski definition) is 1. The van der Waals surface area contributed by atoms with Crippen molar-refractivity contribution >= 4 is 15.7 Å². The largest absolute Gasteiger partial charge is 0.399 e. The molecule has 0 aliphatic heterocycles. The van der Waals surface area contributed by atoms with E-state index >= 15 is 0 Å². The van der Waals surface area contributed by atoms with Crippen LogP contribution in [0.3, 0.4) is 0 Å². The van der Waals surface area contributed by atoms with Crippen LogP contribution in [0.2, 0.25) is 0 Å². The third-order valence-electron chi connectivity index (χ3n) is 2.97. The van der Waals surface area contributed by atoms with Crippen molar-refractivity contribution in [3.8, 4) is 0 Å². The van der Waals surface area contributed by atoms with Gasteiger partial charge in [0.25, 0.3) is 0 Å². The highest BCUT2D eigenvalue weighted by Crippen LogP contribution is 2.20. The van der Waals surface area contributed by atoms with Gasteiger partial charge in [-0.05, 0) is 29.5 Å². The fourth-order valence-corrected chi connectivity index (χ4v) is 3.10. The van der Waals surface area contributed by atoms with Gasteiger partial charge in [0.15, 0.2) is 0 Å². The van der Waals surface area contributed by atoms with Gasteiger partial charge in [0, 0.05) is 19.3 Å². The predicted molar refractivity (Wildman–Crippen MR) is 80.2 cm³/mol. The zero-order chi connectivity index (χ0) is 14.7. The highest BCUT2D eigenvalue weighted by Gasteiger charge is 2.21. The number of nitrogens with zero attached hydrogens (tertiary/aromatic N) is 1. The Balaban J connectivity index is 2.66. The summed E-state index contributed by atoms with van der Waals surface area (Å²) in [6.07, 6.45) is 0.654. The second-order valence-electron chi connectivity index (χ2n) is 6.12. The second kappa shape index (κ2) is 5.92. The van der Waals surface area contributed by atoms with E-state index < -0.39 is 10.0 Å². The Morgan fingerprint density at radius 1 is 1.16 bits per heavy atom.